The first kappa shape index (κ1) is 20.5. The van der Waals surface area contributed by atoms with Crippen molar-refractivity contribution in [2.24, 2.45) is 0 Å². The van der Waals surface area contributed by atoms with Crippen LogP contribution in [-0.2, 0) is 4.79 Å². The first-order valence-electron chi connectivity index (χ1n) is 7.60. The molecule has 2 aromatic carbocycles. The Labute approximate surface area is 164 Å². The fourth-order valence-corrected chi connectivity index (χ4v) is 2.49. The third-order valence-electron chi connectivity index (χ3n) is 3.56. The Kier molecular flexibility index (Phi) is 6.42. The predicted octanol–water partition coefficient (Wildman–Crippen LogP) is 2.88. The number of carbonyl (C=O) groups is 1. The molecule has 1 amide bonds. The van der Waals surface area contributed by atoms with Gasteiger partial charge >= 0.3 is 0 Å². The molecule has 0 aliphatic carbocycles. The molecule has 0 atom stereocenters. The fraction of sp³-hybridized carbons (Fsp3) is 0.111. The Balaban J connectivity index is 2.36. The predicted molar refractivity (Wildman–Crippen MR) is 99.3 cm³/mol. The van der Waals surface area contributed by atoms with Crippen molar-refractivity contribution in [1.82, 2.24) is 0 Å². The molecule has 0 saturated carbocycles. The smallest absolute Gasteiger partial charge is 0.266 e. The van der Waals surface area contributed by atoms with Crippen LogP contribution in [0.4, 0.5) is 11.4 Å². The number of nitrogens with one attached hydrogen (secondary N) is 1. The van der Waals surface area contributed by atoms with Gasteiger partial charge in [0.2, 0.25) is 0 Å². The summed E-state index contributed by atoms with van der Waals surface area (Å²) < 4.78 is 9.84. The minimum absolute atomic E-state index is 0.0858. The lowest BCUT2D eigenvalue weighted by molar-refractivity contribution is -0.398. The summed E-state index contributed by atoms with van der Waals surface area (Å²) in [6, 6.07) is 8.37. The van der Waals surface area contributed by atoms with E-state index >= 15 is 0 Å². The number of nitro benzene ring substituents is 1. The van der Waals surface area contributed by atoms with Crippen molar-refractivity contribution in [2.45, 2.75) is 0 Å². The fourth-order valence-electron chi connectivity index (χ4n) is 2.24. The number of benzene rings is 2. The molecule has 1 N–H and O–H groups in total. The molecular weight excluding hydrogens is 390 g/mol. The Morgan fingerprint density at radius 3 is 2.46 bits per heavy atom. The minimum Gasteiger partial charge on any atom is -0.865 e. The van der Waals surface area contributed by atoms with Crippen molar-refractivity contribution in [3.63, 3.8) is 0 Å². The van der Waals surface area contributed by atoms with Gasteiger partial charge in [0, 0.05) is 17.5 Å². The first-order valence-corrected chi connectivity index (χ1v) is 7.98. The first-order chi connectivity index (χ1) is 13.3. The normalized spacial score (nSPS) is 10.7. The van der Waals surface area contributed by atoms with Gasteiger partial charge in [0.15, 0.2) is 0 Å². The number of nitro groups is 1. The average Bonchev–Trinajstić information content (AvgIpc) is 2.66. The number of methoxy groups -OCH3 is 2. The summed E-state index contributed by atoms with van der Waals surface area (Å²) in [5, 5.41) is 34.9. The molecule has 0 aliphatic rings. The van der Waals surface area contributed by atoms with E-state index in [-0.39, 0.29) is 21.9 Å². The lowest BCUT2D eigenvalue weighted by atomic mass is 10.1. The highest BCUT2D eigenvalue weighted by Gasteiger charge is 2.15. The Morgan fingerprint density at radius 2 is 1.93 bits per heavy atom. The van der Waals surface area contributed by atoms with Crippen molar-refractivity contribution in [3.05, 3.63) is 56.6 Å². The van der Waals surface area contributed by atoms with E-state index in [1.54, 1.807) is 6.07 Å². The summed E-state index contributed by atoms with van der Waals surface area (Å²) in [5.41, 5.74) is -0.676. The largest absolute Gasteiger partial charge is 0.865 e. The summed E-state index contributed by atoms with van der Waals surface area (Å²) in [6.07, 6.45) is 1.11. The second-order valence-corrected chi connectivity index (χ2v) is 5.71. The van der Waals surface area contributed by atoms with Crippen LogP contribution in [-0.4, -0.2) is 25.1 Å². The van der Waals surface area contributed by atoms with Crippen LogP contribution < -0.4 is 19.9 Å². The standard InChI is InChI=1S/C18H14ClN3O6/c1-27-15-4-3-12(8-13(15)19)21-18(24)11(9-20)5-10-6-14(22(25)26)17(23)16(7-10)28-2/h3-8,23H,1-2H3,(H,21,24)/p-1/b11-5+. The molecule has 10 heteroatoms. The number of ether oxygens (including phenoxy) is 2. The molecular formula is C18H13ClN3O6-. The Bertz CT molecular complexity index is 1010. The summed E-state index contributed by atoms with van der Waals surface area (Å²) in [7, 11) is 2.62. The molecule has 9 nitrogen and oxygen atoms in total. The van der Waals surface area contributed by atoms with Crippen LogP contribution in [0.5, 0.6) is 17.2 Å². The zero-order valence-electron chi connectivity index (χ0n) is 14.7. The molecule has 0 radical (unpaired) electrons. The van der Waals surface area contributed by atoms with Crippen molar-refractivity contribution < 1.29 is 24.3 Å². The summed E-state index contributed by atoms with van der Waals surface area (Å²) >= 11 is 5.99. The van der Waals surface area contributed by atoms with E-state index in [2.05, 4.69) is 5.32 Å². The van der Waals surface area contributed by atoms with Crippen LogP contribution in [0.15, 0.2) is 35.9 Å². The lowest BCUT2D eigenvalue weighted by Gasteiger charge is -2.13. The van der Waals surface area contributed by atoms with Crippen LogP contribution in [0, 0.1) is 21.4 Å². The highest BCUT2D eigenvalue weighted by atomic mass is 35.5. The minimum atomic E-state index is -0.902. The van der Waals surface area contributed by atoms with E-state index in [1.807, 2.05) is 0 Å². The highest BCUT2D eigenvalue weighted by Crippen LogP contribution is 2.35. The maximum Gasteiger partial charge on any atom is 0.266 e. The van der Waals surface area contributed by atoms with Gasteiger partial charge in [-0.05, 0) is 35.9 Å². The number of rotatable bonds is 6. The number of nitriles is 1. The molecule has 0 aliphatic heterocycles. The Hall–Kier alpha value is -3.77. The molecule has 0 spiro atoms. The van der Waals surface area contributed by atoms with Gasteiger partial charge in [-0.1, -0.05) is 11.6 Å². The van der Waals surface area contributed by atoms with Crippen LogP contribution in [0.3, 0.4) is 0 Å². The van der Waals surface area contributed by atoms with Gasteiger partial charge in [-0.25, -0.2) is 0 Å². The molecule has 0 saturated heterocycles. The molecule has 2 aromatic rings. The highest BCUT2D eigenvalue weighted by molar-refractivity contribution is 6.32. The van der Waals surface area contributed by atoms with Gasteiger partial charge in [0.25, 0.3) is 11.6 Å². The zero-order chi connectivity index (χ0) is 20.8. The molecule has 0 bridgehead atoms. The number of halogens is 1. The lowest BCUT2D eigenvalue weighted by Crippen LogP contribution is -2.13. The van der Waals surface area contributed by atoms with Gasteiger partial charge in [-0.2, -0.15) is 5.26 Å². The molecule has 2 rings (SSSR count). The van der Waals surface area contributed by atoms with E-state index in [0.717, 1.165) is 12.1 Å². The molecule has 28 heavy (non-hydrogen) atoms. The quantitative estimate of drug-likeness (QED) is 0.339. The monoisotopic (exact) mass is 402 g/mol. The second-order valence-electron chi connectivity index (χ2n) is 5.30. The molecule has 0 fully saturated rings. The van der Waals surface area contributed by atoms with E-state index in [9.17, 15) is 25.3 Å². The number of carbonyl (C=O) groups excluding carboxylic acids is 1. The van der Waals surface area contributed by atoms with E-state index in [1.165, 1.54) is 38.5 Å². The maximum atomic E-state index is 12.4. The van der Waals surface area contributed by atoms with E-state index in [4.69, 9.17) is 21.1 Å². The van der Waals surface area contributed by atoms with Crippen LogP contribution >= 0.6 is 11.6 Å². The topological polar surface area (TPSA) is 138 Å². The van der Waals surface area contributed by atoms with Crippen LogP contribution in [0.1, 0.15) is 5.56 Å². The van der Waals surface area contributed by atoms with Crippen LogP contribution in [0.2, 0.25) is 5.02 Å². The maximum absolute atomic E-state index is 12.4. The molecule has 0 unspecified atom stereocenters. The van der Waals surface area contributed by atoms with E-state index < -0.39 is 22.3 Å². The SMILES string of the molecule is COc1ccc(NC(=O)/C(C#N)=C/c2cc(OC)c([O-])c([N+](=O)[O-])c2)cc1Cl. The van der Waals surface area contributed by atoms with Crippen molar-refractivity contribution in [3.8, 4) is 23.3 Å². The van der Waals surface area contributed by atoms with Crippen molar-refractivity contribution in [1.29, 1.82) is 5.26 Å². The van der Waals surface area contributed by atoms with Crippen molar-refractivity contribution >= 4 is 35.0 Å². The number of nitrogens with zero attached hydrogens (tertiary/aromatic N) is 2. The third kappa shape index (κ3) is 4.49. The zero-order valence-corrected chi connectivity index (χ0v) is 15.4. The summed E-state index contributed by atoms with van der Waals surface area (Å²) in [4.78, 5) is 22.5. The number of hydrogen-bond donors (Lipinski definition) is 1. The second kappa shape index (κ2) is 8.75. The molecule has 0 aromatic heterocycles. The average molecular weight is 403 g/mol. The van der Waals surface area contributed by atoms with Gasteiger partial charge in [0.05, 0.1) is 24.2 Å². The number of amides is 1. The molecule has 144 valence electrons. The van der Waals surface area contributed by atoms with Gasteiger partial charge < -0.3 is 19.9 Å². The third-order valence-corrected chi connectivity index (χ3v) is 3.86. The van der Waals surface area contributed by atoms with E-state index in [0.29, 0.717) is 11.4 Å². The summed E-state index contributed by atoms with van der Waals surface area (Å²) in [5.74, 6) is -1.54. The van der Waals surface area contributed by atoms with Gasteiger partial charge in [-0.15, -0.1) is 0 Å². The van der Waals surface area contributed by atoms with Crippen molar-refractivity contribution in [2.75, 3.05) is 19.5 Å². The van der Waals surface area contributed by atoms with Crippen LogP contribution in [0.25, 0.3) is 6.08 Å². The van der Waals surface area contributed by atoms with Gasteiger partial charge in [-0.3, -0.25) is 14.9 Å². The number of hydrogen-bond acceptors (Lipinski definition) is 7. The number of anilines is 1. The summed E-state index contributed by atoms with van der Waals surface area (Å²) in [6.45, 7) is 0. The van der Waals surface area contributed by atoms with Gasteiger partial charge in [0.1, 0.15) is 23.1 Å². The Morgan fingerprint density at radius 1 is 1.25 bits per heavy atom. The molecule has 0 heterocycles.